The van der Waals surface area contributed by atoms with Crippen LogP contribution in [0, 0.1) is 11.6 Å². The Kier molecular flexibility index (Phi) is 4.54. The molecule has 18 heavy (non-hydrogen) atoms. The fourth-order valence-electron chi connectivity index (χ4n) is 1.58. The molecular formula is C12H14F2N2OS. The fraction of sp³-hybridized carbons (Fsp3) is 0.417. The van der Waals surface area contributed by atoms with Gasteiger partial charge in [-0.3, -0.25) is 4.99 Å². The van der Waals surface area contributed by atoms with E-state index in [1.54, 1.807) is 18.9 Å². The van der Waals surface area contributed by atoms with Gasteiger partial charge in [-0.05, 0) is 18.6 Å². The van der Waals surface area contributed by atoms with Crippen LogP contribution in [0.15, 0.2) is 23.2 Å². The number of nitrogens with one attached hydrogen (secondary N) is 1. The summed E-state index contributed by atoms with van der Waals surface area (Å²) in [5, 5.41) is 3.72. The van der Waals surface area contributed by atoms with Gasteiger partial charge in [0.15, 0.2) is 16.8 Å². The number of rotatable bonds is 4. The van der Waals surface area contributed by atoms with E-state index in [1.807, 2.05) is 0 Å². The number of ether oxygens (including phenoxy) is 1. The van der Waals surface area contributed by atoms with Crippen LogP contribution < -0.4 is 5.32 Å². The van der Waals surface area contributed by atoms with Gasteiger partial charge in [-0.2, -0.15) is 0 Å². The van der Waals surface area contributed by atoms with Crippen LogP contribution in [0.1, 0.15) is 6.42 Å². The summed E-state index contributed by atoms with van der Waals surface area (Å²) < 4.78 is 30.8. The predicted octanol–water partition coefficient (Wildman–Crippen LogP) is 2.88. The van der Waals surface area contributed by atoms with E-state index in [1.165, 1.54) is 6.07 Å². The van der Waals surface area contributed by atoms with Gasteiger partial charge in [0.1, 0.15) is 0 Å². The molecule has 98 valence electrons. The highest BCUT2D eigenvalue weighted by atomic mass is 32.2. The molecule has 0 radical (unpaired) electrons. The number of hydrogen-bond acceptors (Lipinski definition) is 4. The maximum atomic E-state index is 13.0. The highest BCUT2D eigenvalue weighted by Gasteiger charge is 2.18. The van der Waals surface area contributed by atoms with Gasteiger partial charge in [0.05, 0.1) is 6.04 Å². The van der Waals surface area contributed by atoms with Crippen molar-refractivity contribution in [3.63, 3.8) is 0 Å². The summed E-state index contributed by atoms with van der Waals surface area (Å²) in [6.45, 7) is 0.674. The van der Waals surface area contributed by atoms with Gasteiger partial charge < -0.3 is 10.1 Å². The van der Waals surface area contributed by atoms with Crippen LogP contribution in [0.25, 0.3) is 0 Å². The maximum Gasteiger partial charge on any atom is 0.161 e. The van der Waals surface area contributed by atoms with Crippen LogP contribution in [-0.4, -0.2) is 30.7 Å². The molecule has 1 aliphatic rings. The van der Waals surface area contributed by atoms with E-state index in [0.717, 1.165) is 29.5 Å². The third kappa shape index (κ3) is 3.43. The summed E-state index contributed by atoms with van der Waals surface area (Å²) in [5.74, 6) is -0.825. The first-order chi connectivity index (χ1) is 8.69. The Labute approximate surface area is 109 Å². The Hall–Kier alpha value is -1.14. The fourth-order valence-corrected chi connectivity index (χ4v) is 2.59. The summed E-state index contributed by atoms with van der Waals surface area (Å²) in [4.78, 5) is 4.45. The highest BCUT2D eigenvalue weighted by Crippen LogP contribution is 2.22. The summed E-state index contributed by atoms with van der Waals surface area (Å²) in [6, 6.07) is 3.94. The summed E-state index contributed by atoms with van der Waals surface area (Å²) >= 11 is 1.57. The molecule has 0 aromatic heterocycles. The minimum absolute atomic E-state index is 0.225. The van der Waals surface area contributed by atoms with Crippen molar-refractivity contribution in [3.8, 4) is 0 Å². The number of benzene rings is 1. The number of halogens is 2. The number of nitrogens with zero attached hydrogens (tertiary/aromatic N) is 1. The lowest BCUT2D eigenvalue weighted by atomic mass is 10.2. The van der Waals surface area contributed by atoms with Crippen molar-refractivity contribution in [2.75, 3.05) is 24.8 Å². The lowest BCUT2D eigenvalue weighted by Gasteiger charge is -2.05. The van der Waals surface area contributed by atoms with Gasteiger partial charge in [-0.15, -0.1) is 0 Å². The highest BCUT2D eigenvalue weighted by molar-refractivity contribution is 8.14. The molecule has 0 saturated heterocycles. The first kappa shape index (κ1) is 13.3. The maximum absolute atomic E-state index is 13.0. The number of amidine groups is 1. The van der Waals surface area contributed by atoms with E-state index >= 15 is 0 Å². The van der Waals surface area contributed by atoms with Crippen molar-refractivity contribution < 1.29 is 13.5 Å². The molecular weight excluding hydrogens is 258 g/mol. The molecule has 0 aliphatic carbocycles. The summed E-state index contributed by atoms with van der Waals surface area (Å²) in [5.41, 5.74) is 0.507. The van der Waals surface area contributed by atoms with Gasteiger partial charge in [0.25, 0.3) is 0 Å². The second-order valence-corrected chi connectivity index (χ2v) is 4.94. The minimum atomic E-state index is -0.862. The van der Waals surface area contributed by atoms with E-state index in [9.17, 15) is 8.78 Å². The van der Waals surface area contributed by atoms with Crippen LogP contribution in [0.4, 0.5) is 14.5 Å². The minimum Gasteiger partial charge on any atom is -0.385 e. The Morgan fingerprint density at radius 3 is 3.00 bits per heavy atom. The molecule has 0 bridgehead atoms. The van der Waals surface area contributed by atoms with Crippen molar-refractivity contribution in [2.24, 2.45) is 4.99 Å². The van der Waals surface area contributed by atoms with Crippen LogP contribution >= 0.6 is 11.8 Å². The van der Waals surface area contributed by atoms with Gasteiger partial charge in [0.2, 0.25) is 0 Å². The molecule has 0 amide bonds. The van der Waals surface area contributed by atoms with Crippen LogP contribution in [0.3, 0.4) is 0 Å². The molecule has 1 aromatic rings. The number of anilines is 1. The third-order valence-corrected chi connectivity index (χ3v) is 3.57. The number of aliphatic imine (C=N–C) groups is 1. The lowest BCUT2D eigenvalue weighted by molar-refractivity contribution is 0.190. The molecule has 1 aliphatic heterocycles. The van der Waals surface area contributed by atoms with Crippen LogP contribution in [0.2, 0.25) is 0 Å². The zero-order valence-corrected chi connectivity index (χ0v) is 10.8. The molecule has 1 N–H and O–H groups in total. The quantitative estimate of drug-likeness (QED) is 0.915. The molecule has 3 nitrogen and oxygen atoms in total. The van der Waals surface area contributed by atoms with E-state index < -0.39 is 11.6 Å². The van der Waals surface area contributed by atoms with E-state index in [-0.39, 0.29) is 6.04 Å². The Morgan fingerprint density at radius 2 is 2.28 bits per heavy atom. The van der Waals surface area contributed by atoms with Crippen molar-refractivity contribution >= 4 is 22.6 Å². The molecule has 6 heteroatoms. The topological polar surface area (TPSA) is 33.6 Å². The van der Waals surface area contributed by atoms with E-state index in [0.29, 0.717) is 12.3 Å². The van der Waals surface area contributed by atoms with Crippen molar-refractivity contribution in [1.82, 2.24) is 0 Å². The Bertz CT molecular complexity index is 454. The SMILES string of the molecule is COCCC1CSC(Nc2ccc(F)c(F)c2)=N1. The average molecular weight is 272 g/mol. The molecule has 2 rings (SSSR count). The summed E-state index contributed by atoms with van der Waals surface area (Å²) in [6.07, 6.45) is 0.868. The number of hydrogen-bond donors (Lipinski definition) is 1. The van der Waals surface area contributed by atoms with Crippen molar-refractivity contribution in [1.29, 1.82) is 0 Å². The molecule has 0 saturated carbocycles. The van der Waals surface area contributed by atoms with Crippen molar-refractivity contribution in [3.05, 3.63) is 29.8 Å². The summed E-state index contributed by atoms with van der Waals surface area (Å²) in [7, 11) is 1.66. The normalized spacial score (nSPS) is 18.8. The zero-order valence-electron chi connectivity index (χ0n) is 9.95. The lowest BCUT2D eigenvalue weighted by Crippen LogP contribution is -2.08. The Balaban J connectivity index is 1.95. The average Bonchev–Trinajstić information content (AvgIpc) is 2.79. The number of methoxy groups -OCH3 is 1. The molecule has 0 fully saturated rings. The first-order valence-electron chi connectivity index (χ1n) is 5.60. The smallest absolute Gasteiger partial charge is 0.161 e. The standard InChI is InChI=1S/C12H14F2N2OS/c1-17-5-4-9-7-18-12(16-9)15-8-2-3-10(13)11(14)6-8/h2-3,6,9H,4-5,7H2,1H3,(H,15,16). The molecule has 1 aromatic carbocycles. The Morgan fingerprint density at radius 1 is 1.44 bits per heavy atom. The predicted molar refractivity (Wildman–Crippen MR) is 70.2 cm³/mol. The second-order valence-electron chi connectivity index (χ2n) is 3.93. The molecule has 1 unspecified atom stereocenters. The first-order valence-corrected chi connectivity index (χ1v) is 6.59. The van der Waals surface area contributed by atoms with Crippen LogP contribution in [0.5, 0.6) is 0 Å². The van der Waals surface area contributed by atoms with Crippen LogP contribution in [-0.2, 0) is 4.74 Å². The second kappa shape index (κ2) is 6.15. The molecule has 1 atom stereocenters. The number of thioether (sulfide) groups is 1. The zero-order chi connectivity index (χ0) is 13.0. The van der Waals surface area contributed by atoms with Gasteiger partial charge >= 0.3 is 0 Å². The third-order valence-electron chi connectivity index (χ3n) is 2.54. The van der Waals surface area contributed by atoms with E-state index in [4.69, 9.17) is 4.74 Å². The van der Waals surface area contributed by atoms with Gasteiger partial charge in [-0.25, -0.2) is 8.78 Å². The largest absolute Gasteiger partial charge is 0.385 e. The van der Waals surface area contributed by atoms with Crippen molar-refractivity contribution in [2.45, 2.75) is 12.5 Å². The molecule has 0 spiro atoms. The van der Waals surface area contributed by atoms with Gasteiger partial charge in [0, 0.05) is 31.2 Å². The monoisotopic (exact) mass is 272 g/mol. The van der Waals surface area contributed by atoms with Gasteiger partial charge in [-0.1, -0.05) is 11.8 Å². The molecule has 1 heterocycles. The van der Waals surface area contributed by atoms with E-state index in [2.05, 4.69) is 10.3 Å².